The Morgan fingerprint density at radius 1 is 1.60 bits per heavy atom. The van der Waals surface area contributed by atoms with Crippen LogP contribution < -0.4 is 5.73 Å². The first-order valence-corrected chi connectivity index (χ1v) is 3.11. The quantitative estimate of drug-likeness (QED) is 0.555. The van der Waals surface area contributed by atoms with Crippen molar-refractivity contribution >= 4 is 5.97 Å². The second kappa shape index (κ2) is 3.53. The standard InChI is InChI=1S/C6H14N2O2/c1-4(8(2)3)5(7)6(9)10/h4-5H,7H2,1-3H3,(H,9,10). The number of rotatable bonds is 3. The predicted molar refractivity (Wildman–Crippen MR) is 38.8 cm³/mol. The van der Waals surface area contributed by atoms with Crippen LogP contribution in [0.15, 0.2) is 0 Å². The number of carbonyl (C=O) groups is 1. The first-order valence-electron chi connectivity index (χ1n) is 3.11. The van der Waals surface area contributed by atoms with Gasteiger partial charge in [-0.1, -0.05) is 0 Å². The lowest BCUT2D eigenvalue weighted by Crippen LogP contribution is -2.47. The van der Waals surface area contributed by atoms with Gasteiger partial charge in [0.1, 0.15) is 6.04 Å². The van der Waals surface area contributed by atoms with Gasteiger partial charge in [0.2, 0.25) is 0 Å². The van der Waals surface area contributed by atoms with Crippen LogP contribution >= 0.6 is 0 Å². The Balaban J connectivity index is 3.94. The highest BCUT2D eigenvalue weighted by Gasteiger charge is 2.20. The zero-order valence-electron chi connectivity index (χ0n) is 6.53. The van der Waals surface area contributed by atoms with Crippen molar-refractivity contribution in [3.05, 3.63) is 0 Å². The molecule has 0 aliphatic carbocycles. The van der Waals surface area contributed by atoms with Crippen LogP contribution in [0, 0.1) is 0 Å². The van der Waals surface area contributed by atoms with Crippen LogP contribution in [0.4, 0.5) is 0 Å². The van der Waals surface area contributed by atoms with E-state index in [9.17, 15) is 4.79 Å². The summed E-state index contributed by atoms with van der Waals surface area (Å²) in [5.41, 5.74) is 5.32. The summed E-state index contributed by atoms with van der Waals surface area (Å²) >= 11 is 0. The van der Waals surface area contributed by atoms with Crippen molar-refractivity contribution in [2.45, 2.75) is 19.0 Å². The van der Waals surface area contributed by atoms with Crippen LogP contribution in [0.5, 0.6) is 0 Å². The third-order valence-corrected chi connectivity index (χ3v) is 1.62. The molecule has 0 fully saturated rings. The van der Waals surface area contributed by atoms with Gasteiger partial charge >= 0.3 is 5.97 Å². The second-order valence-electron chi connectivity index (χ2n) is 2.57. The number of likely N-dealkylation sites (N-methyl/N-ethyl adjacent to an activating group) is 1. The SMILES string of the molecule is CC(C(N)C(=O)O)N(C)C. The Morgan fingerprint density at radius 2 is 2.00 bits per heavy atom. The van der Waals surface area contributed by atoms with E-state index in [1.807, 2.05) is 0 Å². The van der Waals surface area contributed by atoms with Crippen LogP contribution in [-0.4, -0.2) is 42.2 Å². The summed E-state index contributed by atoms with van der Waals surface area (Å²) in [6.07, 6.45) is 0. The molecule has 10 heavy (non-hydrogen) atoms. The number of nitrogens with zero attached hydrogens (tertiary/aromatic N) is 1. The van der Waals surface area contributed by atoms with Crippen molar-refractivity contribution < 1.29 is 9.90 Å². The van der Waals surface area contributed by atoms with E-state index >= 15 is 0 Å². The molecule has 3 N–H and O–H groups in total. The minimum Gasteiger partial charge on any atom is -0.480 e. The lowest BCUT2D eigenvalue weighted by molar-refractivity contribution is -0.139. The lowest BCUT2D eigenvalue weighted by atomic mass is 10.1. The summed E-state index contributed by atoms with van der Waals surface area (Å²) < 4.78 is 0. The van der Waals surface area contributed by atoms with Gasteiger partial charge in [-0.15, -0.1) is 0 Å². The summed E-state index contributed by atoms with van der Waals surface area (Å²) in [6, 6.07) is -0.924. The van der Waals surface area contributed by atoms with Gasteiger partial charge in [-0.05, 0) is 21.0 Å². The average Bonchev–Trinajstić information content (AvgIpc) is 1.84. The van der Waals surface area contributed by atoms with E-state index in [0.717, 1.165) is 0 Å². The third kappa shape index (κ3) is 2.33. The van der Waals surface area contributed by atoms with Crippen molar-refractivity contribution in [3.8, 4) is 0 Å². The first kappa shape index (κ1) is 9.39. The molecule has 0 spiro atoms. The van der Waals surface area contributed by atoms with E-state index in [0.29, 0.717) is 0 Å². The van der Waals surface area contributed by atoms with Gasteiger partial charge in [0.05, 0.1) is 0 Å². The van der Waals surface area contributed by atoms with Crippen LogP contribution in [0.25, 0.3) is 0 Å². The molecule has 60 valence electrons. The first-order chi connectivity index (χ1) is 4.46. The van der Waals surface area contributed by atoms with Crippen molar-refractivity contribution in [3.63, 3.8) is 0 Å². The zero-order chi connectivity index (χ0) is 8.31. The molecule has 0 aliphatic rings. The fourth-order valence-corrected chi connectivity index (χ4v) is 0.528. The van der Waals surface area contributed by atoms with Crippen LogP contribution in [0.1, 0.15) is 6.92 Å². The Morgan fingerprint density at radius 3 is 2.10 bits per heavy atom. The zero-order valence-corrected chi connectivity index (χ0v) is 6.53. The molecule has 0 bridgehead atoms. The van der Waals surface area contributed by atoms with Gasteiger partial charge in [-0.3, -0.25) is 4.79 Å². The molecule has 0 aliphatic heterocycles. The van der Waals surface area contributed by atoms with E-state index in [2.05, 4.69) is 0 Å². The molecular formula is C6H14N2O2. The third-order valence-electron chi connectivity index (χ3n) is 1.62. The second-order valence-corrected chi connectivity index (χ2v) is 2.57. The van der Waals surface area contributed by atoms with Crippen LogP contribution in [0.3, 0.4) is 0 Å². The molecule has 0 amide bonds. The van der Waals surface area contributed by atoms with Gasteiger partial charge in [0.15, 0.2) is 0 Å². The van der Waals surface area contributed by atoms with Gasteiger partial charge in [-0.2, -0.15) is 0 Å². The Labute approximate surface area is 60.6 Å². The lowest BCUT2D eigenvalue weighted by Gasteiger charge is -2.22. The van der Waals surface area contributed by atoms with Crippen molar-refractivity contribution in [1.29, 1.82) is 0 Å². The van der Waals surface area contributed by atoms with Crippen molar-refractivity contribution in [2.24, 2.45) is 5.73 Å². The molecule has 0 aromatic carbocycles. The normalized spacial score (nSPS) is 16.9. The summed E-state index contributed by atoms with van der Waals surface area (Å²) in [6.45, 7) is 1.78. The molecule has 4 heteroatoms. The molecule has 0 aromatic rings. The molecule has 2 atom stereocenters. The van der Waals surface area contributed by atoms with E-state index in [4.69, 9.17) is 10.8 Å². The molecule has 4 nitrogen and oxygen atoms in total. The van der Waals surface area contributed by atoms with Gasteiger partial charge < -0.3 is 15.7 Å². The van der Waals surface area contributed by atoms with Crippen LogP contribution in [0.2, 0.25) is 0 Å². The molecule has 0 heterocycles. The molecular weight excluding hydrogens is 132 g/mol. The van der Waals surface area contributed by atoms with Gasteiger partial charge in [0.25, 0.3) is 0 Å². The molecule has 0 saturated heterocycles. The molecule has 0 radical (unpaired) electrons. The molecule has 2 unspecified atom stereocenters. The molecule has 0 saturated carbocycles. The highest BCUT2D eigenvalue weighted by molar-refractivity contribution is 5.74. The Hall–Kier alpha value is -0.610. The number of hydrogen-bond acceptors (Lipinski definition) is 3. The van der Waals surface area contributed by atoms with Crippen LogP contribution in [-0.2, 0) is 4.79 Å². The summed E-state index contributed by atoms with van der Waals surface area (Å²) in [5.74, 6) is -0.957. The highest BCUT2D eigenvalue weighted by Crippen LogP contribution is 1.95. The summed E-state index contributed by atoms with van der Waals surface area (Å²) in [4.78, 5) is 12.1. The minimum atomic E-state index is -0.957. The number of hydrogen-bond donors (Lipinski definition) is 2. The van der Waals surface area contributed by atoms with Gasteiger partial charge in [-0.25, -0.2) is 0 Å². The van der Waals surface area contributed by atoms with Crippen molar-refractivity contribution in [2.75, 3.05) is 14.1 Å². The monoisotopic (exact) mass is 146 g/mol. The van der Waals surface area contributed by atoms with E-state index in [1.165, 1.54) is 0 Å². The van der Waals surface area contributed by atoms with E-state index in [1.54, 1.807) is 25.9 Å². The minimum absolute atomic E-state index is 0.127. The summed E-state index contributed by atoms with van der Waals surface area (Å²) in [5, 5.41) is 8.45. The Kier molecular flexibility index (Phi) is 3.32. The topological polar surface area (TPSA) is 66.6 Å². The maximum Gasteiger partial charge on any atom is 0.322 e. The molecule has 0 rings (SSSR count). The number of nitrogens with two attached hydrogens (primary N) is 1. The smallest absolute Gasteiger partial charge is 0.322 e. The average molecular weight is 146 g/mol. The fraction of sp³-hybridized carbons (Fsp3) is 0.833. The van der Waals surface area contributed by atoms with E-state index in [-0.39, 0.29) is 6.04 Å². The predicted octanol–water partition coefficient (Wildman–Crippen LogP) is -0.652. The molecule has 0 aromatic heterocycles. The van der Waals surface area contributed by atoms with E-state index < -0.39 is 12.0 Å². The maximum absolute atomic E-state index is 10.3. The summed E-state index contributed by atoms with van der Waals surface area (Å²) in [7, 11) is 3.60. The van der Waals surface area contributed by atoms with Crippen molar-refractivity contribution in [1.82, 2.24) is 4.90 Å². The highest BCUT2D eigenvalue weighted by atomic mass is 16.4. The fourth-order valence-electron chi connectivity index (χ4n) is 0.528. The maximum atomic E-state index is 10.3. The number of carboxylic acids is 1. The number of carboxylic acid groups (broad SMARTS) is 1. The number of aliphatic carboxylic acids is 1. The largest absolute Gasteiger partial charge is 0.480 e. The Bertz CT molecular complexity index is 125. The van der Waals surface area contributed by atoms with Gasteiger partial charge in [0, 0.05) is 6.04 Å².